The zero-order valence-electron chi connectivity index (χ0n) is 11.0. The highest BCUT2D eigenvalue weighted by atomic mass is 79.9. The van der Waals surface area contributed by atoms with Gasteiger partial charge in [0.05, 0.1) is 17.3 Å². The lowest BCUT2D eigenvalue weighted by Gasteiger charge is -2.20. The van der Waals surface area contributed by atoms with Gasteiger partial charge < -0.3 is 4.90 Å². The zero-order valence-corrected chi connectivity index (χ0v) is 13.4. The third kappa shape index (κ3) is 3.58. The Morgan fingerprint density at radius 2 is 2.15 bits per heavy atom. The molecule has 3 nitrogen and oxygen atoms in total. The van der Waals surface area contributed by atoms with Gasteiger partial charge in [0, 0.05) is 22.8 Å². The highest BCUT2D eigenvalue weighted by Crippen LogP contribution is 2.24. The fourth-order valence-corrected chi connectivity index (χ4v) is 2.25. The van der Waals surface area contributed by atoms with Gasteiger partial charge in [0.25, 0.3) is 5.91 Å². The fourth-order valence-electron chi connectivity index (χ4n) is 1.83. The summed E-state index contributed by atoms with van der Waals surface area (Å²) in [7, 11) is 0. The zero-order chi connectivity index (χ0) is 14.5. The summed E-state index contributed by atoms with van der Waals surface area (Å²) in [6.45, 7) is 3.05. The maximum atomic E-state index is 12.5. The molecule has 1 aromatic carbocycles. The van der Waals surface area contributed by atoms with Gasteiger partial charge in [-0.1, -0.05) is 17.7 Å². The van der Waals surface area contributed by atoms with Crippen LogP contribution in [0.5, 0.6) is 0 Å². The summed E-state index contributed by atoms with van der Waals surface area (Å²) in [4.78, 5) is 18.5. The van der Waals surface area contributed by atoms with Crippen LogP contribution in [0.3, 0.4) is 0 Å². The molecule has 0 atom stereocenters. The van der Waals surface area contributed by atoms with E-state index in [1.54, 1.807) is 29.3 Å². The molecule has 0 fully saturated rings. The first-order valence-corrected chi connectivity index (χ1v) is 7.43. The van der Waals surface area contributed by atoms with Gasteiger partial charge in [-0.3, -0.25) is 9.78 Å². The summed E-state index contributed by atoms with van der Waals surface area (Å²) in [5.41, 5.74) is 1.45. The molecule has 1 aromatic heterocycles. The van der Waals surface area contributed by atoms with Gasteiger partial charge in [-0.25, -0.2) is 0 Å². The van der Waals surface area contributed by atoms with Gasteiger partial charge in [-0.2, -0.15) is 0 Å². The number of amides is 1. The molecular weight excluding hydrogens is 340 g/mol. The molecule has 0 aliphatic rings. The van der Waals surface area contributed by atoms with Gasteiger partial charge >= 0.3 is 0 Å². The van der Waals surface area contributed by atoms with Gasteiger partial charge in [-0.05, 0) is 53.2 Å². The second-order valence-corrected chi connectivity index (χ2v) is 5.53. The first-order valence-electron chi connectivity index (χ1n) is 6.26. The lowest BCUT2D eigenvalue weighted by Crippen LogP contribution is -2.30. The molecule has 0 aliphatic heterocycles. The number of rotatable bonds is 4. The lowest BCUT2D eigenvalue weighted by molar-refractivity contribution is 0.0750. The van der Waals surface area contributed by atoms with Crippen LogP contribution < -0.4 is 0 Å². The molecule has 2 rings (SSSR count). The van der Waals surface area contributed by atoms with Crippen LogP contribution in [-0.4, -0.2) is 22.3 Å². The number of carbonyl (C=O) groups excluding carboxylic acids is 1. The lowest BCUT2D eigenvalue weighted by atomic mass is 10.2. The molecular formula is C15H14BrClN2O. The van der Waals surface area contributed by atoms with Crippen LogP contribution in [0.25, 0.3) is 0 Å². The molecule has 5 heteroatoms. The Hall–Kier alpha value is -1.39. The molecule has 1 heterocycles. The predicted molar refractivity (Wildman–Crippen MR) is 83.8 cm³/mol. The second-order valence-electron chi connectivity index (χ2n) is 4.27. The summed E-state index contributed by atoms with van der Waals surface area (Å²) in [6, 6.07) is 10.9. The van der Waals surface area contributed by atoms with Crippen molar-refractivity contribution >= 4 is 33.4 Å². The van der Waals surface area contributed by atoms with Crippen molar-refractivity contribution in [3.63, 3.8) is 0 Å². The van der Waals surface area contributed by atoms with Crippen molar-refractivity contribution in [2.75, 3.05) is 6.54 Å². The Labute approximate surface area is 131 Å². The highest BCUT2D eigenvalue weighted by Gasteiger charge is 2.15. The minimum Gasteiger partial charge on any atom is -0.333 e. The number of hydrogen-bond acceptors (Lipinski definition) is 2. The van der Waals surface area contributed by atoms with Crippen LogP contribution >= 0.6 is 27.5 Å². The summed E-state index contributed by atoms with van der Waals surface area (Å²) >= 11 is 9.36. The van der Waals surface area contributed by atoms with Gasteiger partial charge in [-0.15, -0.1) is 0 Å². The number of nitrogens with zero attached hydrogens (tertiary/aromatic N) is 2. The summed E-state index contributed by atoms with van der Waals surface area (Å²) < 4.78 is 0.781. The van der Waals surface area contributed by atoms with Crippen LogP contribution in [-0.2, 0) is 6.54 Å². The number of carbonyl (C=O) groups is 1. The Balaban J connectivity index is 2.18. The molecule has 0 N–H and O–H groups in total. The number of aromatic nitrogens is 1. The quantitative estimate of drug-likeness (QED) is 0.827. The van der Waals surface area contributed by atoms with E-state index < -0.39 is 0 Å². The maximum absolute atomic E-state index is 12.5. The monoisotopic (exact) mass is 352 g/mol. The summed E-state index contributed by atoms with van der Waals surface area (Å²) in [5.74, 6) is -0.0486. The average molecular weight is 354 g/mol. The van der Waals surface area contributed by atoms with E-state index in [9.17, 15) is 4.79 Å². The molecule has 0 unspecified atom stereocenters. The van der Waals surface area contributed by atoms with Crippen molar-refractivity contribution in [3.05, 3.63) is 63.3 Å². The summed E-state index contributed by atoms with van der Waals surface area (Å²) in [5, 5.41) is 0.532. The Morgan fingerprint density at radius 1 is 1.35 bits per heavy atom. The molecule has 0 bridgehead atoms. The van der Waals surface area contributed by atoms with Crippen LogP contribution in [0.4, 0.5) is 0 Å². The second kappa shape index (κ2) is 6.86. The molecule has 0 saturated heterocycles. The molecule has 20 heavy (non-hydrogen) atoms. The molecule has 1 amide bonds. The molecule has 104 valence electrons. The fraction of sp³-hybridized carbons (Fsp3) is 0.200. The first-order chi connectivity index (χ1) is 9.61. The smallest absolute Gasteiger partial charge is 0.254 e. The third-order valence-electron chi connectivity index (χ3n) is 2.91. The van der Waals surface area contributed by atoms with Crippen molar-refractivity contribution in [2.24, 2.45) is 0 Å². The van der Waals surface area contributed by atoms with E-state index in [0.717, 1.165) is 10.2 Å². The van der Waals surface area contributed by atoms with Gasteiger partial charge in [0.15, 0.2) is 0 Å². The number of benzene rings is 1. The van der Waals surface area contributed by atoms with Gasteiger partial charge in [0.2, 0.25) is 0 Å². The largest absolute Gasteiger partial charge is 0.333 e. The minimum absolute atomic E-state index is 0.0486. The van der Waals surface area contributed by atoms with E-state index in [1.165, 1.54) is 0 Å². The van der Waals surface area contributed by atoms with Crippen LogP contribution in [0.15, 0.2) is 47.1 Å². The average Bonchev–Trinajstić information content (AvgIpc) is 2.48. The highest BCUT2D eigenvalue weighted by molar-refractivity contribution is 9.10. The minimum atomic E-state index is -0.0486. The van der Waals surface area contributed by atoms with Crippen molar-refractivity contribution in [1.82, 2.24) is 9.88 Å². The normalized spacial score (nSPS) is 10.3. The van der Waals surface area contributed by atoms with E-state index in [2.05, 4.69) is 20.9 Å². The molecule has 0 aliphatic carbocycles. The molecule has 0 saturated carbocycles. The Morgan fingerprint density at radius 3 is 2.75 bits per heavy atom. The van der Waals surface area contributed by atoms with E-state index >= 15 is 0 Å². The van der Waals surface area contributed by atoms with Crippen molar-refractivity contribution in [3.8, 4) is 0 Å². The van der Waals surface area contributed by atoms with Crippen LogP contribution in [0, 0.1) is 0 Å². The molecule has 0 radical (unpaired) electrons. The molecule has 0 spiro atoms. The van der Waals surface area contributed by atoms with Crippen LogP contribution in [0.1, 0.15) is 23.0 Å². The first kappa shape index (κ1) is 15.0. The maximum Gasteiger partial charge on any atom is 0.254 e. The van der Waals surface area contributed by atoms with E-state index in [1.807, 2.05) is 25.1 Å². The standard InChI is InChI=1S/C15H14BrClN2O/c1-2-19(10-12-5-3-4-8-18-12)15(20)11-6-7-13(16)14(17)9-11/h3-9H,2,10H2,1H3. The Kier molecular flexibility index (Phi) is 5.15. The van der Waals surface area contributed by atoms with E-state index in [-0.39, 0.29) is 5.91 Å². The van der Waals surface area contributed by atoms with E-state index in [4.69, 9.17) is 11.6 Å². The third-order valence-corrected chi connectivity index (χ3v) is 4.15. The Bertz CT molecular complexity index is 604. The number of pyridine rings is 1. The summed E-state index contributed by atoms with van der Waals surface area (Å²) in [6.07, 6.45) is 1.73. The van der Waals surface area contributed by atoms with Crippen molar-refractivity contribution in [2.45, 2.75) is 13.5 Å². The van der Waals surface area contributed by atoms with Crippen molar-refractivity contribution < 1.29 is 4.79 Å². The van der Waals surface area contributed by atoms with Crippen LogP contribution in [0.2, 0.25) is 5.02 Å². The van der Waals surface area contributed by atoms with Gasteiger partial charge in [0.1, 0.15) is 0 Å². The molecule has 2 aromatic rings. The number of halogens is 2. The van der Waals surface area contributed by atoms with Crippen molar-refractivity contribution in [1.29, 1.82) is 0 Å². The van der Waals surface area contributed by atoms with E-state index in [0.29, 0.717) is 23.7 Å². The topological polar surface area (TPSA) is 33.2 Å². The SMILES string of the molecule is CCN(Cc1ccccn1)C(=O)c1ccc(Br)c(Cl)c1. The predicted octanol–water partition coefficient (Wildman–Crippen LogP) is 4.16. The number of hydrogen-bond donors (Lipinski definition) is 0.